The first-order chi connectivity index (χ1) is 8.08. The highest BCUT2D eigenvalue weighted by atomic mass is 19.1. The number of carbonyl (C=O) groups excluding carboxylic acids is 1. The number of ether oxygens (including phenoxy) is 1. The number of nitrogens with zero attached hydrogens (tertiary/aromatic N) is 1. The molecular weight excluding hydrogens is 230 g/mol. The minimum atomic E-state index is -0.806. The molecule has 0 aliphatic carbocycles. The van der Waals surface area contributed by atoms with Gasteiger partial charge in [-0.3, -0.25) is 4.79 Å². The highest BCUT2D eigenvalue weighted by molar-refractivity contribution is 5.91. The Morgan fingerprint density at radius 1 is 1.47 bits per heavy atom. The molecule has 0 saturated carbocycles. The number of benzene rings is 1. The normalized spacial score (nSPS) is 9.53. The number of rotatable bonds is 4. The molecule has 1 aromatic carbocycles. The van der Waals surface area contributed by atoms with Crippen LogP contribution in [0.4, 0.5) is 8.78 Å². The maximum Gasteiger partial charge on any atom is 0.322 e. The monoisotopic (exact) mass is 240 g/mol. The van der Waals surface area contributed by atoms with Crippen molar-refractivity contribution in [3.05, 3.63) is 29.3 Å². The number of carbonyl (C=O) groups is 1. The Morgan fingerprint density at radius 3 is 2.76 bits per heavy atom. The molecule has 1 N–H and O–H groups in total. The first-order valence-electron chi connectivity index (χ1n) is 4.78. The summed E-state index contributed by atoms with van der Waals surface area (Å²) in [5, 5.41) is 10.4. The number of hydrogen-bond donors (Lipinski definition) is 1. The number of methoxy groups -OCH3 is 1. The van der Waals surface area contributed by atoms with Gasteiger partial charge >= 0.3 is 5.91 Å². The van der Waals surface area contributed by atoms with Crippen molar-refractivity contribution in [3.63, 3.8) is 0 Å². The summed E-state index contributed by atoms with van der Waals surface area (Å²) in [7, 11) is 1.24. The summed E-state index contributed by atoms with van der Waals surface area (Å²) in [5.41, 5.74) is 0.113. The van der Waals surface area contributed by atoms with Gasteiger partial charge in [-0.2, -0.15) is 5.26 Å². The molecule has 0 aliphatic rings. The van der Waals surface area contributed by atoms with Gasteiger partial charge in [-0.05, 0) is 18.1 Å². The van der Waals surface area contributed by atoms with Gasteiger partial charge in [-0.15, -0.1) is 0 Å². The number of amides is 1. The zero-order valence-corrected chi connectivity index (χ0v) is 9.09. The van der Waals surface area contributed by atoms with E-state index >= 15 is 0 Å². The van der Waals surface area contributed by atoms with Gasteiger partial charge in [0.15, 0.2) is 17.6 Å². The molecule has 90 valence electrons. The van der Waals surface area contributed by atoms with E-state index in [0.717, 1.165) is 12.1 Å². The molecule has 0 saturated heterocycles. The Hall–Kier alpha value is -2.16. The molecule has 0 bridgehead atoms. The third kappa shape index (κ3) is 3.41. The number of hydrogen-bond acceptors (Lipinski definition) is 3. The Labute approximate surface area is 96.8 Å². The zero-order valence-electron chi connectivity index (χ0n) is 9.09. The second-order valence-electron chi connectivity index (χ2n) is 3.20. The van der Waals surface area contributed by atoms with Crippen LogP contribution in [0.5, 0.6) is 5.75 Å². The highest BCUT2D eigenvalue weighted by Gasteiger charge is 2.10. The molecule has 0 unspecified atom stereocenters. The van der Waals surface area contributed by atoms with E-state index in [1.54, 1.807) is 0 Å². The molecule has 0 atom stereocenters. The summed E-state index contributed by atoms with van der Waals surface area (Å²) >= 11 is 0. The van der Waals surface area contributed by atoms with Gasteiger partial charge in [0.1, 0.15) is 5.82 Å². The fraction of sp³-hybridized carbons (Fsp3) is 0.273. The SMILES string of the molecule is COc1cc(F)c(CCNC(=O)C#N)cc1F. The fourth-order valence-electron chi connectivity index (χ4n) is 1.27. The Kier molecular flexibility index (Phi) is 4.40. The van der Waals surface area contributed by atoms with Crippen LogP contribution in [-0.2, 0) is 11.2 Å². The zero-order chi connectivity index (χ0) is 12.8. The van der Waals surface area contributed by atoms with E-state index in [-0.39, 0.29) is 24.3 Å². The molecule has 1 amide bonds. The van der Waals surface area contributed by atoms with E-state index in [9.17, 15) is 13.6 Å². The van der Waals surface area contributed by atoms with Gasteiger partial charge < -0.3 is 10.1 Å². The first kappa shape index (κ1) is 12.9. The first-order valence-corrected chi connectivity index (χ1v) is 4.78. The van der Waals surface area contributed by atoms with Crippen LogP contribution in [0.2, 0.25) is 0 Å². The van der Waals surface area contributed by atoms with E-state index in [1.165, 1.54) is 13.2 Å². The smallest absolute Gasteiger partial charge is 0.322 e. The van der Waals surface area contributed by atoms with E-state index in [1.807, 2.05) is 0 Å². The quantitative estimate of drug-likeness (QED) is 0.803. The van der Waals surface area contributed by atoms with Crippen molar-refractivity contribution in [1.82, 2.24) is 5.32 Å². The molecule has 0 fully saturated rings. The summed E-state index contributed by atoms with van der Waals surface area (Å²) < 4.78 is 31.3. The van der Waals surface area contributed by atoms with Crippen LogP contribution in [0.3, 0.4) is 0 Å². The van der Waals surface area contributed by atoms with Crippen LogP contribution in [0, 0.1) is 23.0 Å². The lowest BCUT2D eigenvalue weighted by Crippen LogP contribution is -2.24. The molecule has 4 nitrogen and oxygen atoms in total. The molecule has 1 aromatic rings. The van der Waals surface area contributed by atoms with Crippen LogP contribution in [0.15, 0.2) is 12.1 Å². The van der Waals surface area contributed by atoms with Gasteiger partial charge in [0.05, 0.1) is 7.11 Å². The second-order valence-corrected chi connectivity index (χ2v) is 3.20. The van der Waals surface area contributed by atoms with E-state index in [0.29, 0.717) is 0 Å². The largest absolute Gasteiger partial charge is 0.494 e. The molecule has 1 rings (SSSR count). The molecule has 17 heavy (non-hydrogen) atoms. The average Bonchev–Trinajstić information content (AvgIpc) is 2.32. The molecular formula is C11H10F2N2O2. The van der Waals surface area contributed by atoms with E-state index in [4.69, 9.17) is 5.26 Å². The Morgan fingerprint density at radius 2 is 2.18 bits per heavy atom. The van der Waals surface area contributed by atoms with Crippen LogP contribution >= 0.6 is 0 Å². The summed E-state index contributed by atoms with van der Waals surface area (Å²) in [6, 6.07) is 3.31. The maximum absolute atomic E-state index is 13.4. The van der Waals surface area contributed by atoms with Crippen LogP contribution in [0.25, 0.3) is 0 Å². The van der Waals surface area contributed by atoms with Gasteiger partial charge in [0, 0.05) is 12.6 Å². The lowest BCUT2D eigenvalue weighted by molar-refractivity contribution is -0.115. The molecule has 0 radical (unpaired) electrons. The topological polar surface area (TPSA) is 62.1 Å². The lowest BCUT2D eigenvalue weighted by atomic mass is 10.1. The van der Waals surface area contributed by atoms with Gasteiger partial charge in [-0.25, -0.2) is 8.78 Å². The molecule has 0 aliphatic heterocycles. The van der Waals surface area contributed by atoms with Gasteiger partial charge in [-0.1, -0.05) is 0 Å². The minimum absolute atomic E-state index is 0.0646. The third-order valence-corrected chi connectivity index (χ3v) is 2.10. The minimum Gasteiger partial charge on any atom is -0.494 e. The molecule has 0 heterocycles. The van der Waals surface area contributed by atoms with Gasteiger partial charge in [0.2, 0.25) is 0 Å². The molecule has 6 heteroatoms. The third-order valence-electron chi connectivity index (χ3n) is 2.10. The fourth-order valence-corrected chi connectivity index (χ4v) is 1.27. The summed E-state index contributed by atoms with van der Waals surface area (Å²) in [6.45, 7) is 0.0646. The van der Waals surface area contributed by atoms with Crippen molar-refractivity contribution in [2.75, 3.05) is 13.7 Å². The van der Waals surface area contributed by atoms with Crippen molar-refractivity contribution in [2.45, 2.75) is 6.42 Å². The van der Waals surface area contributed by atoms with Crippen molar-refractivity contribution in [3.8, 4) is 11.8 Å². The number of nitrogens with one attached hydrogen (secondary N) is 1. The molecule has 0 aromatic heterocycles. The summed E-state index contributed by atoms with van der Waals surface area (Å²) in [4.78, 5) is 10.6. The highest BCUT2D eigenvalue weighted by Crippen LogP contribution is 2.21. The van der Waals surface area contributed by atoms with Gasteiger partial charge in [0.25, 0.3) is 0 Å². The Bertz CT molecular complexity index is 469. The average molecular weight is 240 g/mol. The molecule has 0 spiro atoms. The van der Waals surface area contributed by atoms with E-state index < -0.39 is 17.5 Å². The summed E-state index contributed by atoms with van der Waals surface area (Å²) in [5.74, 6) is -2.27. The van der Waals surface area contributed by atoms with Crippen LogP contribution in [0.1, 0.15) is 5.56 Å². The number of halogens is 2. The lowest BCUT2D eigenvalue weighted by Gasteiger charge is -2.07. The summed E-state index contributed by atoms with van der Waals surface area (Å²) in [6.07, 6.45) is 0.0974. The van der Waals surface area contributed by atoms with E-state index in [2.05, 4.69) is 10.1 Å². The predicted molar refractivity (Wildman–Crippen MR) is 55.2 cm³/mol. The Balaban J connectivity index is 2.69. The van der Waals surface area contributed by atoms with Crippen molar-refractivity contribution >= 4 is 5.91 Å². The predicted octanol–water partition coefficient (Wildman–Crippen LogP) is 1.16. The standard InChI is InChI=1S/C11H10F2N2O2/c1-17-10-5-8(12)7(4-9(10)13)2-3-15-11(16)6-14/h4-5H,2-3H2,1H3,(H,15,16). The van der Waals surface area contributed by atoms with Crippen molar-refractivity contribution in [1.29, 1.82) is 5.26 Å². The second kappa shape index (κ2) is 5.80. The van der Waals surface area contributed by atoms with Crippen molar-refractivity contribution in [2.24, 2.45) is 0 Å². The van der Waals surface area contributed by atoms with Crippen LogP contribution in [-0.4, -0.2) is 19.6 Å². The van der Waals surface area contributed by atoms with Crippen molar-refractivity contribution < 1.29 is 18.3 Å². The van der Waals surface area contributed by atoms with Crippen LogP contribution < -0.4 is 10.1 Å². The maximum atomic E-state index is 13.4. The number of nitriles is 1.